The molecule has 0 spiro atoms. The number of fused-ring (bicyclic) bond motifs is 6. The lowest BCUT2D eigenvalue weighted by Crippen LogP contribution is -2.32. The smallest absolute Gasteiger partial charge is 0.333 e. The van der Waals surface area contributed by atoms with Crippen LogP contribution in [0.25, 0.3) is 21.5 Å². The molecule has 0 aromatic heterocycles. The van der Waals surface area contributed by atoms with Crippen LogP contribution < -0.4 is 4.90 Å². The predicted molar refractivity (Wildman–Crippen MR) is 261 cm³/mol. The lowest BCUT2D eigenvalue weighted by Gasteiger charge is -2.27. The fourth-order valence-corrected chi connectivity index (χ4v) is 12.7. The van der Waals surface area contributed by atoms with E-state index in [1.807, 2.05) is 68.2 Å². The number of nitrogens with zero attached hydrogens (tertiary/aromatic N) is 4. The van der Waals surface area contributed by atoms with Gasteiger partial charge in [0.2, 0.25) is 15.7 Å². The molecule has 4 aromatic carbocycles. The third-order valence-electron chi connectivity index (χ3n) is 12.8. The average Bonchev–Trinajstić information content (AvgIpc) is 3.81. The van der Waals surface area contributed by atoms with Gasteiger partial charge in [-0.1, -0.05) is 55.3 Å². The average molecular weight is 1040 g/mol. The van der Waals surface area contributed by atoms with E-state index in [2.05, 4.69) is 27.8 Å². The summed E-state index contributed by atoms with van der Waals surface area (Å²) in [5.74, 6) is -1.62. The summed E-state index contributed by atoms with van der Waals surface area (Å²) in [5, 5.41) is 14.3. The monoisotopic (exact) mass is 1040 g/mol. The highest BCUT2D eigenvalue weighted by molar-refractivity contribution is 7.94. The van der Waals surface area contributed by atoms with Crippen molar-refractivity contribution in [3.63, 3.8) is 0 Å². The number of hydrogen-bond donors (Lipinski definition) is 3. The fraction of sp³-hybridized carbons (Fsp3) is 0.362. The summed E-state index contributed by atoms with van der Waals surface area (Å²) in [7, 11) is -12.5. The standard InChI is InChI=1S/C47H52N4O15S4/c1-7-49-35-21-19-31-33(14-11-15-37(31)68(56,57)48(6)25-12-18-43(54)64-51-41(52)23-24-42(51)53)44(35)46(2,3)39(49)16-9-8-10-17-40-47(4,5)45-34-28-30(69(58,59)60)29-38(70(61,62)63)32(34)20-22-36(45)50(40)26-13-27-67-66-65-55/h8-11,14-17,19-22,28-29H,7,12-13,18,23-27H2,1-6H3,(H2-,55,58,59,60,61,62,63)/p+1. The first kappa shape index (κ1) is 52.5. The molecule has 4 aromatic rings. The zero-order chi connectivity index (χ0) is 51.1. The van der Waals surface area contributed by atoms with Gasteiger partial charge in [0, 0.05) is 102 Å². The molecule has 2 amide bonds. The molecule has 1 fully saturated rings. The van der Waals surface area contributed by atoms with Crippen LogP contribution in [-0.4, -0.2) is 109 Å². The third kappa shape index (κ3) is 9.96. The van der Waals surface area contributed by atoms with Crippen LogP contribution in [0.4, 0.5) is 11.4 Å². The summed E-state index contributed by atoms with van der Waals surface area (Å²) in [6, 6.07) is 13.9. The maximum Gasteiger partial charge on any atom is 0.333 e. The minimum atomic E-state index is -4.94. The number of anilines is 1. The van der Waals surface area contributed by atoms with Crippen molar-refractivity contribution >= 4 is 98.7 Å². The van der Waals surface area contributed by atoms with Gasteiger partial charge in [0.25, 0.3) is 32.1 Å². The van der Waals surface area contributed by atoms with E-state index in [0.717, 1.165) is 50.5 Å². The van der Waals surface area contributed by atoms with Gasteiger partial charge in [0.15, 0.2) is 5.71 Å². The summed E-state index contributed by atoms with van der Waals surface area (Å²) in [5.41, 5.74) is 3.23. The molecule has 0 bridgehead atoms. The van der Waals surface area contributed by atoms with Gasteiger partial charge in [-0.2, -0.15) is 21.4 Å². The molecule has 0 saturated carbocycles. The van der Waals surface area contributed by atoms with E-state index in [-0.39, 0.29) is 47.9 Å². The fourth-order valence-electron chi connectivity index (χ4n) is 9.63. The van der Waals surface area contributed by atoms with Gasteiger partial charge in [0.1, 0.15) is 11.4 Å². The Hall–Kier alpha value is -5.34. The van der Waals surface area contributed by atoms with Crippen molar-refractivity contribution in [1.29, 1.82) is 0 Å². The highest BCUT2D eigenvalue weighted by Gasteiger charge is 2.46. The Balaban J connectivity index is 1.17. The SMILES string of the molecule is CC[N+]1=C(/C=C/C=C/C=C2/N(CCCSOOO)c3ccc4c(S(=O)(=O)O)cc(S(=O)(=O)O)cc4c3C2(C)C)C(C)(C)c2c1ccc1c(S(=O)(=O)N(C)CCCC(=O)ON3C(=O)CCC3=O)cccc21. The summed E-state index contributed by atoms with van der Waals surface area (Å²) in [6.45, 7) is 10.9. The van der Waals surface area contributed by atoms with E-state index < -0.39 is 68.7 Å². The summed E-state index contributed by atoms with van der Waals surface area (Å²) >= 11 is 0.881. The Kier molecular flexibility index (Phi) is 15.0. The maximum atomic E-state index is 14.1. The zero-order valence-electron chi connectivity index (χ0n) is 39.1. The first-order valence-corrected chi connectivity index (χ1v) is 27.3. The first-order valence-electron chi connectivity index (χ1n) is 22.1. The second-order valence-corrected chi connectivity index (χ2v) is 23.5. The second-order valence-electron chi connectivity index (χ2n) is 17.9. The van der Waals surface area contributed by atoms with E-state index >= 15 is 0 Å². The van der Waals surface area contributed by atoms with Crippen molar-refractivity contribution in [2.24, 2.45) is 0 Å². The number of carbonyl (C=O) groups excluding carboxylic acids is 3. The van der Waals surface area contributed by atoms with E-state index in [0.29, 0.717) is 47.0 Å². The molecule has 3 heterocycles. The molecule has 23 heteroatoms. The van der Waals surface area contributed by atoms with Gasteiger partial charge < -0.3 is 9.74 Å². The molecule has 374 valence electrons. The molecule has 0 unspecified atom stereocenters. The molecular formula is C47H53N4O15S4+. The van der Waals surface area contributed by atoms with Gasteiger partial charge >= 0.3 is 5.97 Å². The quantitative estimate of drug-likeness (QED) is 0.0123. The zero-order valence-corrected chi connectivity index (χ0v) is 42.4. The Labute approximate surface area is 410 Å². The van der Waals surface area contributed by atoms with Gasteiger partial charge in [-0.3, -0.25) is 18.7 Å². The molecule has 0 aliphatic carbocycles. The molecule has 7 rings (SSSR count). The van der Waals surface area contributed by atoms with Crippen LogP contribution in [0.3, 0.4) is 0 Å². The van der Waals surface area contributed by atoms with Crippen LogP contribution in [0.5, 0.6) is 0 Å². The predicted octanol–water partition coefficient (Wildman–Crippen LogP) is 7.14. The molecular weight excluding hydrogens is 989 g/mol. The number of hydroxylamine groups is 2. The first-order chi connectivity index (χ1) is 32.9. The van der Waals surface area contributed by atoms with Crippen LogP contribution in [-0.2, 0) is 69.7 Å². The molecule has 3 aliphatic heterocycles. The summed E-state index contributed by atoms with van der Waals surface area (Å²) in [6.07, 6.45) is 9.76. The molecule has 3 aliphatic rings. The maximum absolute atomic E-state index is 14.1. The highest BCUT2D eigenvalue weighted by Crippen LogP contribution is 2.52. The number of benzene rings is 4. The van der Waals surface area contributed by atoms with Crippen LogP contribution in [0.2, 0.25) is 0 Å². The number of allylic oxidation sites excluding steroid dienone is 6. The number of amides is 2. The Morgan fingerprint density at radius 2 is 1.51 bits per heavy atom. The normalized spacial score (nSPS) is 17.7. The minimum absolute atomic E-state index is 0.0340. The minimum Gasteiger partial charge on any atom is -0.344 e. The van der Waals surface area contributed by atoms with Crippen molar-refractivity contribution in [2.75, 3.05) is 37.3 Å². The lowest BCUT2D eigenvalue weighted by molar-refractivity contribution is -0.433. The molecule has 70 heavy (non-hydrogen) atoms. The molecule has 19 nitrogen and oxygen atoms in total. The number of hydrogen-bond acceptors (Lipinski definition) is 15. The Morgan fingerprint density at radius 1 is 0.829 bits per heavy atom. The number of rotatable bonds is 19. The van der Waals surface area contributed by atoms with E-state index in [1.54, 1.807) is 24.3 Å². The van der Waals surface area contributed by atoms with Gasteiger partial charge in [-0.05, 0) is 86.4 Å². The van der Waals surface area contributed by atoms with Gasteiger partial charge in [-0.25, -0.2) is 22.8 Å². The summed E-state index contributed by atoms with van der Waals surface area (Å²) in [4.78, 5) is 41.7. The van der Waals surface area contributed by atoms with Crippen LogP contribution in [0.1, 0.15) is 77.8 Å². The number of imide groups is 1. The number of sulfonamides is 1. The molecule has 1 saturated heterocycles. The van der Waals surface area contributed by atoms with Crippen molar-refractivity contribution in [3.8, 4) is 0 Å². The largest absolute Gasteiger partial charge is 0.344 e. The third-order valence-corrected chi connectivity index (χ3v) is 17.0. The van der Waals surface area contributed by atoms with Gasteiger partial charge in [0.05, 0.1) is 15.2 Å². The molecule has 3 N–H and O–H groups in total. The van der Waals surface area contributed by atoms with E-state index in [1.165, 1.54) is 19.2 Å². The topological polar surface area (TPSA) is 255 Å². The van der Waals surface area contributed by atoms with E-state index in [9.17, 15) is 48.7 Å². The van der Waals surface area contributed by atoms with Crippen molar-refractivity contribution in [1.82, 2.24) is 9.37 Å². The molecule has 0 radical (unpaired) electrons. The van der Waals surface area contributed by atoms with Crippen LogP contribution in [0, 0.1) is 0 Å². The van der Waals surface area contributed by atoms with Crippen molar-refractivity contribution in [3.05, 3.63) is 102 Å². The van der Waals surface area contributed by atoms with Crippen molar-refractivity contribution < 1.29 is 72.8 Å². The Morgan fingerprint density at radius 3 is 2.17 bits per heavy atom. The summed E-state index contributed by atoms with van der Waals surface area (Å²) < 4.78 is 106. The molecule has 0 atom stereocenters. The van der Waals surface area contributed by atoms with E-state index in [4.69, 9.17) is 10.1 Å². The lowest BCUT2D eigenvalue weighted by atomic mass is 9.79. The van der Waals surface area contributed by atoms with Crippen LogP contribution in [0.15, 0.2) is 105 Å². The highest BCUT2D eigenvalue weighted by atomic mass is 32.2. The van der Waals surface area contributed by atoms with Crippen LogP contribution >= 0.6 is 12.0 Å². The number of carbonyl (C=O) groups is 3. The second kappa shape index (κ2) is 20.0. The Bertz CT molecular complexity index is 3270. The van der Waals surface area contributed by atoms with Gasteiger partial charge in [-0.15, -0.1) is 9.40 Å². The van der Waals surface area contributed by atoms with Crippen molar-refractivity contribution in [2.45, 2.75) is 92.2 Å².